The summed E-state index contributed by atoms with van der Waals surface area (Å²) in [5.74, 6) is 0. The van der Waals surface area contributed by atoms with Gasteiger partial charge in [0.1, 0.15) is 0 Å². The summed E-state index contributed by atoms with van der Waals surface area (Å²) in [4.78, 5) is 17.1. The van der Waals surface area contributed by atoms with E-state index in [0.29, 0.717) is 24.7 Å². The number of hydrogen-bond donors (Lipinski definition) is 1. The minimum Gasteiger partial charge on any atom is -0.334 e. The summed E-state index contributed by atoms with van der Waals surface area (Å²) in [7, 11) is 0. The Bertz CT molecular complexity index is 474. The molecule has 0 aromatic heterocycles. The maximum Gasteiger partial charge on any atom is 0.318 e. The van der Waals surface area contributed by atoms with E-state index in [4.69, 9.17) is 0 Å². The number of piperazine rings is 1. The highest BCUT2D eigenvalue weighted by atomic mass is 16.2. The molecule has 21 heavy (non-hydrogen) atoms. The molecule has 2 saturated heterocycles. The SMILES string of the molecule is CC(C)N1CC2CCC(C1)N2C(=O)NCc1ccccc1. The fourth-order valence-corrected chi connectivity index (χ4v) is 3.55. The highest BCUT2D eigenvalue weighted by Crippen LogP contribution is 2.30. The van der Waals surface area contributed by atoms with Crippen molar-refractivity contribution in [2.24, 2.45) is 0 Å². The molecular formula is C17H25N3O. The first-order chi connectivity index (χ1) is 10.1. The molecule has 114 valence electrons. The van der Waals surface area contributed by atoms with Gasteiger partial charge < -0.3 is 10.2 Å². The molecule has 3 rings (SSSR count). The third-order valence-corrected chi connectivity index (χ3v) is 4.76. The highest BCUT2D eigenvalue weighted by molar-refractivity contribution is 5.75. The molecule has 4 nitrogen and oxygen atoms in total. The molecule has 2 unspecified atom stereocenters. The first-order valence-corrected chi connectivity index (χ1v) is 7.99. The van der Waals surface area contributed by atoms with E-state index in [2.05, 4.69) is 29.0 Å². The molecule has 1 N–H and O–H groups in total. The van der Waals surface area contributed by atoms with Gasteiger partial charge in [-0.05, 0) is 32.3 Å². The van der Waals surface area contributed by atoms with Crippen molar-refractivity contribution in [3.8, 4) is 0 Å². The van der Waals surface area contributed by atoms with Gasteiger partial charge in [-0.3, -0.25) is 4.90 Å². The highest BCUT2D eigenvalue weighted by Gasteiger charge is 2.42. The van der Waals surface area contributed by atoms with Crippen LogP contribution in [-0.4, -0.2) is 47.0 Å². The van der Waals surface area contributed by atoms with E-state index in [0.717, 1.165) is 31.5 Å². The summed E-state index contributed by atoms with van der Waals surface area (Å²) in [5.41, 5.74) is 1.15. The number of benzene rings is 1. The van der Waals surface area contributed by atoms with Crippen molar-refractivity contribution in [3.63, 3.8) is 0 Å². The molecule has 0 aliphatic carbocycles. The molecule has 1 aromatic carbocycles. The second-order valence-corrected chi connectivity index (χ2v) is 6.48. The van der Waals surface area contributed by atoms with E-state index in [1.165, 1.54) is 0 Å². The van der Waals surface area contributed by atoms with E-state index in [1.807, 2.05) is 30.3 Å². The van der Waals surface area contributed by atoms with Gasteiger partial charge in [0.2, 0.25) is 0 Å². The number of rotatable bonds is 3. The quantitative estimate of drug-likeness (QED) is 0.927. The van der Waals surface area contributed by atoms with Gasteiger partial charge in [0.15, 0.2) is 0 Å². The molecule has 2 atom stereocenters. The minimum absolute atomic E-state index is 0.106. The van der Waals surface area contributed by atoms with Crippen molar-refractivity contribution in [2.75, 3.05) is 13.1 Å². The Hall–Kier alpha value is -1.55. The molecule has 2 amide bonds. The van der Waals surface area contributed by atoms with Crippen molar-refractivity contribution in [1.82, 2.24) is 15.1 Å². The smallest absolute Gasteiger partial charge is 0.318 e. The lowest BCUT2D eigenvalue weighted by Crippen LogP contribution is -2.59. The van der Waals surface area contributed by atoms with E-state index < -0.39 is 0 Å². The average molecular weight is 287 g/mol. The zero-order valence-corrected chi connectivity index (χ0v) is 13.0. The molecule has 0 spiro atoms. The second-order valence-electron chi connectivity index (χ2n) is 6.48. The number of nitrogens with zero attached hydrogens (tertiary/aromatic N) is 2. The Morgan fingerprint density at radius 2 is 1.81 bits per heavy atom. The lowest BCUT2D eigenvalue weighted by atomic mass is 10.1. The van der Waals surface area contributed by atoms with Crippen LogP contribution in [0.15, 0.2) is 30.3 Å². The summed E-state index contributed by atoms with van der Waals surface area (Å²) >= 11 is 0. The van der Waals surface area contributed by atoms with Crippen LogP contribution < -0.4 is 5.32 Å². The Morgan fingerprint density at radius 1 is 1.19 bits per heavy atom. The van der Waals surface area contributed by atoms with Gasteiger partial charge in [-0.15, -0.1) is 0 Å². The predicted octanol–water partition coefficient (Wildman–Crippen LogP) is 2.45. The maximum absolute atomic E-state index is 12.5. The number of carbonyl (C=O) groups is 1. The molecule has 2 aliphatic heterocycles. The number of urea groups is 1. The van der Waals surface area contributed by atoms with Crippen LogP contribution in [0.5, 0.6) is 0 Å². The second kappa shape index (κ2) is 6.06. The number of fused-ring (bicyclic) bond motifs is 2. The number of amides is 2. The molecule has 4 heteroatoms. The van der Waals surface area contributed by atoms with Gasteiger partial charge in [0.05, 0.1) is 0 Å². The predicted molar refractivity (Wildman–Crippen MR) is 84.0 cm³/mol. The van der Waals surface area contributed by atoms with Gasteiger partial charge in [0, 0.05) is 37.8 Å². The van der Waals surface area contributed by atoms with Crippen LogP contribution in [-0.2, 0) is 6.54 Å². The van der Waals surface area contributed by atoms with Crippen molar-refractivity contribution >= 4 is 6.03 Å². The molecular weight excluding hydrogens is 262 g/mol. The van der Waals surface area contributed by atoms with Crippen LogP contribution in [0.25, 0.3) is 0 Å². The van der Waals surface area contributed by atoms with E-state index >= 15 is 0 Å². The van der Waals surface area contributed by atoms with Gasteiger partial charge in [0.25, 0.3) is 0 Å². The number of likely N-dealkylation sites (tertiary alicyclic amines) is 1. The molecule has 2 heterocycles. The van der Waals surface area contributed by atoms with Crippen molar-refractivity contribution in [2.45, 2.75) is 51.4 Å². The van der Waals surface area contributed by atoms with Crippen LogP contribution in [0, 0.1) is 0 Å². The lowest BCUT2D eigenvalue weighted by molar-refractivity contribution is 0.0704. The Morgan fingerprint density at radius 3 is 2.38 bits per heavy atom. The van der Waals surface area contributed by atoms with Crippen molar-refractivity contribution in [3.05, 3.63) is 35.9 Å². The molecule has 1 aromatic rings. The van der Waals surface area contributed by atoms with E-state index in [1.54, 1.807) is 0 Å². The van der Waals surface area contributed by atoms with Crippen LogP contribution in [0.4, 0.5) is 4.79 Å². The molecule has 2 fully saturated rings. The zero-order chi connectivity index (χ0) is 14.8. The molecule has 2 aliphatic rings. The largest absolute Gasteiger partial charge is 0.334 e. The molecule has 0 saturated carbocycles. The van der Waals surface area contributed by atoms with Crippen molar-refractivity contribution < 1.29 is 4.79 Å². The van der Waals surface area contributed by atoms with Crippen molar-refractivity contribution in [1.29, 1.82) is 0 Å². The van der Waals surface area contributed by atoms with Gasteiger partial charge >= 0.3 is 6.03 Å². The van der Waals surface area contributed by atoms with E-state index in [-0.39, 0.29) is 6.03 Å². The summed E-state index contributed by atoms with van der Waals surface area (Å²) < 4.78 is 0. The summed E-state index contributed by atoms with van der Waals surface area (Å²) in [6.45, 7) is 7.14. The third kappa shape index (κ3) is 3.05. The summed E-state index contributed by atoms with van der Waals surface area (Å²) in [6, 6.07) is 11.6. The van der Waals surface area contributed by atoms with Gasteiger partial charge in [-0.2, -0.15) is 0 Å². The van der Waals surface area contributed by atoms with Gasteiger partial charge in [-0.1, -0.05) is 30.3 Å². The van der Waals surface area contributed by atoms with Crippen LogP contribution >= 0.6 is 0 Å². The van der Waals surface area contributed by atoms with Crippen LogP contribution in [0.2, 0.25) is 0 Å². The van der Waals surface area contributed by atoms with Crippen LogP contribution in [0.1, 0.15) is 32.3 Å². The number of carbonyl (C=O) groups excluding carboxylic acids is 1. The van der Waals surface area contributed by atoms with Gasteiger partial charge in [-0.25, -0.2) is 4.79 Å². The third-order valence-electron chi connectivity index (χ3n) is 4.76. The monoisotopic (exact) mass is 287 g/mol. The first kappa shape index (κ1) is 14.4. The maximum atomic E-state index is 12.5. The Kier molecular flexibility index (Phi) is 4.15. The fraction of sp³-hybridized carbons (Fsp3) is 0.588. The summed E-state index contributed by atoms with van der Waals surface area (Å²) in [6.07, 6.45) is 2.29. The Labute approximate surface area is 127 Å². The number of nitrogens with one attached hydrogen (secondary N) is 1. The fourth-order valence-electron chi connectivity index (χ4n) is 3.55. The van der Waals surface area contributed by atoms with E-state index in [9.17, 15) is 4.79 Å². The normalized spacial score (nSPS) is 25.4. The lowest BCUT2D eigenvalue weighted by Gasteiger charge is -2.42. The topological polar surface area (TPSA) is 35.6 Å². The van der Waals surface area contributed by atoms with Crippen LogP contribution in [0.3, 0.4) is 0 Å². The standard InChI is InChI=1S/C17H25N3O/c1-13(2)19-11-15-8-9-16(12-19)20(15)17(21)18-10-14-6-4-3-5-7-14/h3-7,13,15-16H,8-12H2,1-2H3,(H,18,21). The minimum atomic E-state index is 0.106. The first-order valence-electron chi connectivity index (χ1n) is 7.99. The molecule has 2 bridgehead atoms. The average Bonchev–Trinajstić information content (AvgIpc) is 2.75. The zero-order valence-electron chi connectivity index (χ0n) is 13.0. The summed E-state index contributed by atoms with van der Waals surface area (Å²) in [5, 5.41) is 3.08. The number of hydrogen-bond acceptors (Lipinski definition) is 2. The molecule has 0 radical (unpaired) electrons. The Balaban J connectivity index is 1.59.